The smallest absolute Gasteiger partial charge is 0.241 e. The largest absolute Gasteiger partial charge is 0.332 e. The number of benzene rings is 2. The van der Waals surface area contributed by atoms with Crippen LogP contribution in [0.2, 0.25) is 10.0 Å². The molecule has 2 aromatic carbocycles. The highest BCUT2D eigenvalue weighted by Gasteiger charge is 2.52. The Morgan fingerprint density at radius 2 is 1.38 bits per heavy atom. The summed E-state index contributed by atoms with van der Waals surface area (Å²) in [5.41, 5.74) is 1.14. The fourth-order valence-electron chi connectivity index (χ4n) is 6.16. The first-order chi connectivity index (χ1) is 15.2. The van der Waals surface area contributed by atoms with E-state index in [1.165, 1.54) is 19.3 Å². The van der Waals surface area contributed by atoms with Gasteiger partial charge in [0, 0.05) is 16.9 Å². The van der Waals surface area contributed by atoms with Gasteiger partial charge < -0.3 is 10.6 Å². The lowest BCUT2D eigenvalue weighted by Gasteiger charge is -2.56. The average Bonchev–Trinajstić information content (AvgIpc) is 2.69. The maximum atomic E-state index is 13.2. The highest BCUT2D eigenvalue weighted by molar-refractivity contribution is 7.89. The third-order valence-corrected chi connectivity index (χ3v) is 9.53. The van der Waals surface area contributed by atoms with Gasteiger partial charge in [-0.3, -0.25) is 0 Å². The fraction of sp³-hybridized carbons (Fsp3) is 0.435. The Morgan fingerprint density at radius 3 is 1.94 bits per heavy atom. The van der Waals surface area contributed by atoms with E-state index in [0.717, 1.165) is 19.3 Å². The molecule has 32 heavy (non-hydrogen) atoms. The van der Waals surface area contributed by atoms with Gasteiger partial charge in [0.05, 0.1) is 14.9 Å². The van der Waals surface area contributed by atoms with E-state index in [9.17, 15) is 8.42 Å². The molecule has 0 amide bonds. The number of thiocarbonyl (C=S) groups is 1. The molecule has 0 unspecified atom stereocenters. The normalized spacial score (nSPS) is 28.5. The maximum absolute atomic E-state index is 13.2. The number of hydrogen-bond acceptors (Lipinski definition) is 3. The van der Waals surface area contributed by atoms with E-state index in [2.05, 4.69) is 15.4 Å². The van der Waals surface area contributed by atoms with E-state index in [-0.39, 0.29) is 10.4 Å². The summed E-state index contributed by atoms with van der Waals surface area (Å²) < 4.78 is 29.4. The number of anilines is 2. The molecule has 4 bridgehead atoms. The zero-order valence-corrected chi connectivity index (χ0v) is 20.5. The van der Waals surface area contributed by atoms with Crippen molar-refractivity contribution in [2.45, 2.75) is 49.0 Å². The van der Waals surface area contributed by atoms with Crippen LogP contribution in [0.4, 0.5) is 11.4 Å². The second-order valence-electron chi connectivity index (χ2n) is 9.54. The Balaban J connectivity index is 1.24. The summed E-state index contributed by atoms with van der Waals surface area (Å²) in [5.74, 6) is 2.04. The van der Waals surface area contributed by atoms with Crippen LogP contribution in [-0.4, -0.2) is 19.1 Å². The molecule has 0 spiro atoms. The lowest BCUT2D eigenvalue weighted by Crippen LogP contribution is -2.59. The molecule has 3 N–H and O–H groups in total. The molecular weight excluding hydrogens is 485 g/mol. The number of rotatable bonds is 5. The third-order valence-electron chi connectivity index (χ3n) is 6.99. The Hall–Kier alpha value is -1.38. The van der Waals surface area contributed by atoms with E-state index in [1.807, 2.05) is 0 Å². The Labute approximate surface area is 204 Å². The van der Waals surface area contributed by atoms with Crippen LogP contribution >= 0.6 is 35.4 Å². The Bertz CT molecular complexity index is 1120. The predicted octanol–water partition coefficient (Wildman–Crippen LogP) is 6.05. The van der Waals surface area contributed by atoms with Crippen LogP contribution in [0, 0.1) is 17.8 Å². The van der Waals surface area contributed by atoms with Crippen molar-refractivity contribution in [2.75, 3.05) is 10.6 Å². The molecule has 4 aliphatic carbocycles. The SMILES string of the molecule is O=S(=O)(NC12CC3CC(CC(C3)C1)C2)c1ccc(NC(=S)Nc2ccc(Cl)c(Cl)c2)cc1. The van der Waals surface area contributed by atoms with Crippen LogP contribution in [0.3, 0.4) is 0 Å². The van der Waals surface area contributed by atoms with Crippen LogP contribution in [0.5, 0.6) is 0 Å². The first-order valence-electron chi connectivity index (χ1n) is 10.9. The number of hydrogen-bond donors (Lipinski definition) is 3. The summed E-state index contributed by atoms with van der Waals surface area (Å²) >= 11 is 17.3. The summed E-state index contributed by atoms with van der Waals surface area (Å²) in [6, 6.07) is 11.8. The molecule has 0 atom stereocenters. The number of sulfonamides is 1. The molecule has 170 valence electrons. The predicted molar refractivity (Wildman–Crippen MR) is 134 cm³/mol. The quantitative estimate of drug-likeness (QED) is 0.428. The standard InChI is InChI=1S/C23H25Cl2N3O2S2/c24-20-6-3-18(10-21(20)25)27-22(31)26-17-1-4-19(5-2-17)32(29,30)28-23-11-14-7-15(12-23)9-16(8-14)13-23/h1-6,10,14-16,28H,7-9,11-13H2,(H2,26,27,31). The van der Waals surface area contributed by atoms with Crippen molar-refractivity contribution in [3.8, 4) is 0 Å². The van der Waals surface area contributed by atoms with E-state index >= 15 is 0 Å². The van der Waals surface area contributed by atoms with Crippen molar-refractivity contribution in [2.24, 2.45) is 17.8 Å². The number of halogens is 2. The lowest BCUT2D eigenvalue weighted by molar-refractivity contribution is -0.00810. The molecule has 0 heterocycles. The second-order valence-corrected chi connectivity index (χ2v) is 12.4. The minimum Gasteiger partial charge on any atom is -0.332 e. The lowest BCUT2D eigenvalue weighted by atomic mass is 9.53. The topological polar surface area (TPSA) is 70.2 Å². The Morgan fingerprint density at radius 1 is 0.844 bits per heavy atom. The van der Waals surface area contributed by atoms with Crippen molar-refractivity contribution in [1.29, 1.82) is 0 Å². The summed E-state index contributed by atoms with van der Waals surface area (Å²) in [6.07, 6.45) is 6.76. The molecule has 0 radical (unpaired) electrons. The van der Waals surface area contributed by atoms with Crippen molar-refractivity contribution in [1.82, 2.24) is 4.72 Å². The van der Waals surface area contributed by atoms with Gasteiger partial charge in [-0.1, -0.05) is 23.2 Å². The molecule has 4 saturated carbocycles. The first-order valence-corrected chi connectivity index (χ1v) is 13.5. The van der Waals surface area contributed by atoms with Crippen LogP contribution in [0.1, 0.15) is 38.5 Å². The maximum Gasteiger partial charge on any atom is 0.241 e. The van der Waals surface area contributed by atoms with Crippen LogP contribution < -0.4 is 15.4 Å². The first kappa shape index (κ1) is 22.4. The molecule has 0 aromatic heterocycles. The van der Waals surface area contributed by atoms with Gasteiger partial charge in [-0.15, -0.1) is 0 Å². The van der Waals surface area contributed by atoms with Gasteiger partial charge >= 0.3 is 0 Å². The molecule has 0 saturated heterocycles. The minimum atomic E-state index is -3.58. The highest BCUT2D eigenvalue weighted by Crippen LogP contribution is 2.56. The van der Waals surface area contributed by atoms with E-state index < -0.39 is 10.0 Å². The van der Waals surface area contributed by atoms with Crippen molar-refractivity contribution in [3.05, 3.63) is 52.5 Å². The molecule has 2 aromatic rings. The Kier molecular flexibility index (Phi) is 5.91. The zero-order valence-electron chi connectivity index (χ0n) is 17.4. The van der Waals surface area contributed by atoms with Gasteiger partial charge in [-0.05, 0) is 111 Å². The molecule has 0 aliphatic heterocycles. The van der Waals surface area contributed by atoms with Crippen LogP contribution in [0.25, 0.3) is 0 Å². The van der Waals surface area contributed by atoms with E-state index in [4.69, 9.17) is 35.4 Å². The van der Waals surface area contributed by atoms with E-state index in [1.54, 1.807) is 42.5 Å². The van der Waals surface area contributed by atoms with Crippen molar-refractivity contribution in [3.63, 3.8) is 0 Å². The van der Waals surface area contributed by atoms with Gasteiger partial charge in [0.1, 0.15) is 0 Å². The summed E-state index contributed by atoms with van der Waals surface area (Å²) in [7, 11) is -3.58. The summed E-state index contributed by atoms with van der Waals surface area (Å²) in [4.78, 5) is 0.280. The summed E-state index contributed by atoms with van der Waals surface area (Å²) in [6.45, 7) is 0. The minimum absolute atomic E-state index is 0.254. The molecular formula is C23H25Cl2N3O2S2. The summed E-state index contributed by atoms with van der Waals surface area (Å²) in [5, 5.41) is 7.36. The highest BCUT2D eigenvalue weighted by atomic mass is 35.5. The average molecular weight is 511 g/mol. The van der Waals surface area contributed by atoms with Gasteiger partial charge in [0.25, 0.3) is 0 Å². The molecule has 9 heteroatoms. The van der Waals surface area contributed by atoms with Gasteiger partial charge in [0.15, 0.2) is 5.11 Å². The van der Waals surface area contributed by atoms with Crippen LogP contribution in [0.15, 0.2) is 47.4 Å². The number of nitrogens with one attached hydrogen (secondary N) is 3. The zero-order chi connectivity index (χ0) is 22.5. The molecule has 5 nitrogen and oxygen atoms in total. The molecule has 6 rings (SSSR count). The molecule has 4 aliphatic rings. The second kappa shape index (κ2) is 8.44. The molecule has 4 fully saturated rings. The van der Waals surface area contributed by atoms with E-state index in [0.29, 0.717) is 44.3 Å². The third kappa shape index (κ3) is 4.64. The fourth-order valence-corrected chi connectivity index (χ4v) is 8.13. The van der Waals surface area contributed by atoms with Gasteiger partial charge in [-0.25, -0.2) is 13.1 Å². The van der Waals surface area contributed by atoms with Crippen molar-refractivity contribution >= 4 is 61.9 Å². The monoisotopic (exact) mass is 509 g/mol. The van der Waals surface area contributed by atoms with Gasteiger partial charge in [-0.2, -0.15) is 0 Å². The van der Waals surface area contributed by atoms with Gasteiger partial charge in [0.2, 0.25) is 10.0 Å². The van der Waals surface area contributed by atoms with Crippen LogP contribution in [-0.2, 0) is 10.0 Å². The van der Waals surface area contributed by atoms with Crippen molar-refractivity contribution < 1.29 is 8.42 Å².